The second-order valence-corrected chi connectivity index (χ2v) is 9.01. The molecule has 0 radical (unpaired) electrons. The van der Waals surface area contributed by atoms with Crippen LogP contribution in [0.5, 0.6) is 0 Å². The van der Waals surface area contributed by atoms with Gasteiger partial charge in [-0.25, -0.2) is 0 Å². The molecule has 0 aliphatic heterocycles. The Morgan fingerprint density at radius 3 is 1.46 bits per heavy atom. The molecular weight excluding hydrogens is 456 g/mol. The normalized spacial score (nSPS) is 11.1. The van der Waals surface area contributed by atoms with Gasteiger partial charge in [0.2, 0.25) is 0 Å². The van der Waals surface area contributed by atoms with Gasteiger partial charge in [-0.2, -0.15) is 0 Å². The van der Waals surface area contributed by atoms with Crippen molar-refractivity contribution in [2.24, 2.45) is 0 Å². The molecule has 0 N–H and O–H groups in total. The Morgan fingerprint density at radius 1 is 0.657 bits per heavy atom. The van der Waals surface area contributed by atoms with Crippen molar-refractivity contribution in [1.29, 1.82) is 0 Å². The summed E-state index contributed by atoms with van der Waals surface area (Å²) in [6, 6.07) is 39.6. The summed E-state index contributed by atoms with van der Waals surface area (Å²) in [5, 5.41) is 16.5. The lowest BCUT2D eigenvalue weighted by atomic mass is 9.99. The minimum atomic E-state index is -0.534. The molecule has 35 heavy (non-hydrogen) atoms. The topological polar surface area (TPSA) is 73.8 Å². The van der Waals surface area contributed by atoms with E-state index in [1.807, 2.05) is 97.1 Å². The average molecular weight is 479 g/mol. The van der Waals surface area contributed by atoms with Crippen LogP contribution >= 0.6 is 11.8 Å². The van der Waals surface area contributed by atoms with Gasteiger partial charge in [-0.1, -0.05) is 133 Å². The first kappa shape index (κ1) is 22.6. The summed E-state index contributed by atoms with van der Waals surface area (Å²) < 4.78 is 1.69. The molecule has 5 aromatic rings. The van der Waals surface area contributed by atoms with E-state index < -0.39 is 10.9 Å². The van der Waals surface area contributed by atoms with Crippen LogP contribution < -0.4 is 0 Å². The molecular formula is C28H22N4O2S. The molecule has 172 valence electrons. The van der Waals surface area contributed by atoms with Crippen molar-refractivity contribution < 1.29 is 4.92 Å². The molecule has 0 saturated carbocycles. The molecule has 0 aliphatic carbocycles. The standard InChI is InChI=1S/C28H22N4O2S/c33-32(34)27-29-28(35-26(23-17-9-3-10-18-23)24-19-11-4-12-20-24)31(30-27)25(21-13-5-1-6-14-21)22-15-7-2-8-16-22/h1-20,25-26H. The van der Waals surface area contributed by atoms with Crippen LogP contribution in [-0.4, -0.2) is 19.7 Å². The molecule has 0 atom stereocenters. The SMILES string of the molecule is O=[N+]([O-])c1nc(SC(c2ccccc2)c2ccccc2)n(C(c2ccccc2)c2ccccc2)n1. The van der Waals surface area contributed by atoms with E-state index in [4.69, 9.17) is 0 Å². The van der Waals surface area contributed by atoms with Gasteiger partial charge < -0.3 is 10.1 Å². The average Bonchev–Trinajstić information content (AvgIpc) is 3.33. The van der Waals surface area contributed by atoms with Gasteiger partial charge in [-0.05, 0) is 32.2 Å². The summed E-state index contributed by atoms with van der Waals surface area (Å²) in [5.74, 6) is -0.413. The molecule has 0 fully saturated rings. The molecule has 5 rings (SSSR count). The molecule has 0 bridgehead atoms. The van der Waals surface area contributed by atoms with Crippen molar-refractivity contribution in [3.63, 3.8) is 0 Å². The lowest BCUT2D eigenvalue weighted by Crippen LogP contribution is -2.15. The summed E-state index contributed by atoms with van der Waals surface area (Å²) in [5.41, 5.74) is 4.10. The molecule has 0 spiro atoms. The van der Waals surface area contributed by atoms with Gasteiger partial charge in [0.1, 0.15) is 6.04 Å². The van der Waals surface area contributed by atoms with E-state index >= 15 is 0 Å². The van der Waals surface area contributed by atoms with Gasteiger partial charge in [-0.3, -0.25) is 0 Å². The molecule has 0 amide bonds. The fraction of sp³-hybridized carbons (Fsp3) is 0.0714. The number of aromatic nitrogens is 3. The van der Waals surface area contributed by atoms with Crippen molar-refractivity contribution in [3.8, 4) is 0 Å². The largest absolute Gasteiger partial charge is 0.492 e. The molecule has 1 heterocycles. The summed E-state index contributed by atoms with van der Waals surface area (Å²) in [7, 11) is 0. The van der Waals surface area contributed by atoms with Crippen LogP contribution in [0.4, 0.5) is 5.95 Å². The van der Waals surface area contributed by atoms with E-state index in [1.54, 1.807) is 4.68 Å². The van der Waals surface area contributed by atoms with Crippen molar-refractivity contribution >= 4 is 17.7 Å². The third-order valence-electron chi connectivity index (χ3n) is 5.66. The third kappa shape index (κ3) is 5.00. The van der Waals surface area contributed by atoms with Gasteiger partial charge in [0.05, 0.1) is 5.25 Å². The van der Waals surface area contributed by atoms with Gasteiger partial charge in [0, 0.05) is 5.10 Å². The maximum atomic E-state index is 11.7. The first-order valence-electron chi connectivity index (χ1n) is 11.2. The van der Waals surface area contributed by atoms with Crippen LogP contribution in [0, 0.1) is 10.1 Å². The Balaban J connectivity index is 1.66. The van der Waals surface area contributed by atoms with E-state index in [9.17, 15) is 10.1 Å². The minimum absolute atomic E-state index is 0.118. The quantitative estimate of drug-likeness (QED) is 0.141. The van der Waals surface area contributed by atoms with Crippen LogP contribution in [0.2, 0.25) is 0 Å². The second-order valence-electron chi connectivity index (χ2n) is 7.94. The smallest absolute Gasteiger partial charge is 0.390 e. The predicted molar refractivity (Wildman–Crippen MR) is 137 cm³/mol. The molecule has 4 aromatic carbocycles. The zero-order valence-electron chi connectivity index (χ0n) is 18.7. The summed E-state index contributed by atoms with van der Waals surface area (Å²) >= 11 is 1.46. The van der Waals surface area contributed by atoms with Gasteiger partial charge in [0.25, 0.3) is 5.16 Å². The Morgan fingerprint density at radius 2 is 1.06 bits per heavy atom. The van der Waals surface area contributed by atoms with Crippen molar-refractivity contribution in [1.82, 2.24) is 14.8 Å². The molecule has 1 aromatic heterocycles. The molecule has 0 saturated heterocycles. The van der Waals surface area contributed by atoms with E-state index in [0.717, 1.165) is 22.3 Å². The number of thioether (sulfide) groups is 1. The van der Waals surface area contributed by atoms with Crippen LogP contribution in [0.25, 0.3) is 0 Å². The lowest BCUT2D eigenvalue weighted by molar-refractivity contribution is -0.394. The van der Waals surface area contributed by atoms with Crippen molar-refractivity contribution in [2.75, 3.05) is 0 Å². The zero-order valence-corrected chi connectivity index (χ0v) is 19.5. The highest BCUT2D eigenvalue weighted by atomic mass is 32.2. The minimum Gasteiger partial charge on any atom is -0.390 e. The van der Waals surface area contributed by atoms with Crippen LogP contribution in [0.15, 0.2) is 126 Å². The van der Waals surface area contributed by atoms with Gasteiger partial charge in [-0.15, -0.1) is 4.68 Å². The van der Waals surface area contributed by atoms with E-state index in [0.29, 0.717) is 5.16 Å². The van der Waals surface area contributed by atoms with E-state index in [2.05, 4.69) is 34.3 Å². The highest BCUT2D eigenvalue weighted by molar-refractivity contribution is 7.99. The first-order chi connectivity index (χ1) is 17.2. The van der Waals surface area contributed by atoms with Crippen LogP contribution in [-0.2, 0) is 0 Å². The van der Waals surface area contributed by atoms with E-state index in [-0.39, 0.29) is 11.3 Å². The fourth-order valence-corrected chi connectivity index (χ4v) is 5.25. The number of hydrogen-bond donors (Lipinski definition) is 0. The first-order valence-corrected chi connectivity index (χ1v) is 12.1. The summed E-state index contributed by atoms with van der Waals surface area (Å²) in [6.45, 7) is 0. The Kier molecular flexibility index (Phi) is 6.68. The van der Waals surface area contributed by atoms with E-state index in [1.165, 1.54) is 11.8 Å². The van der Waals surface area contributed by atoms with Gasteiger partial charge >= 0.3 is 5.95 Å². The number of nitro groups is 1. The number of nitrogens with zero attached hydrogens (tertiary/aromatic N) is 4. The monoisotopic (exact) mass is 478 g/mol. The Hall–Kier alpha value is -4.23. The number of benzene rings is 4. The maximum Gasteiger partial charge on any atom is 0.492 e. The van der Waals surface area contributed by atoms with Crippen molar-refractivity contribution in [3.05, 3.63) is 154 Å². The summed E-state index contributed by atoms with van der Waals surface area (Å²) in [4.78, 5) is 15.6. The molecule has 7 heteroatoms. The highest BCUT2D eigenvalue weighted by Crippen LogP contribution is 2.42. The number of rotatable bonds is 8. The predicted octanol–water partition coefficient (Wildman–Crippen LogP) is 6.71. The van der Waals surface area contributed by atoms with Crippen LogP contribution in [0.1, 0.15) is 33.5 Å². The highest BCUT2D eigenvalue weighted by Gasteiger charge is 2.32. The third-order valence-corrected chi connectivity index (χ3v) is 6.92. The lowest BCUT2D eigenvalue weighted by Gasteiger charge is -2.20. The second kappa shape index (κ2) is 10.4. The van der Waals surface area contributed by atoms with Gasteiger partial charge in [0.15, 0.2) is 0 Å². The maximum absolute atomic E-state index is 11.7. The molecule has 6 nitrogen and oxygen atoms in total. The molecule has 0 aliphatic rings. The Bertz CT molecular complexity index is 1320. The zero-order chi connectivity index (χ0) is 24.0. The number of hydrogen-bond acceptors (Lipinski definition) is 5. The summed E-state index contributed by atoms with van der Waals surface area (Å²) in [6.07, 6.45) is 0. The Labute approximate surface area is 207 Å². The van der Waals surface area contributed by atoms with Crippen LogP contribution in [0.3, 0.4) is 0 Å². The fourth-order valence-electron chi connectivity index (χ4n) is 4.06. The van der Waals surface area contributed by atoms with Crippen molar-refractivity contribution in [2.45, 2.75) is 16.4 Å². The molecule has 0 unspecified atom stereocenters.